The van der Waals surface area contributed by atoms with Crippen LogP contribution in [0.4, 0.5) is 13.2 Å². The molecule has 7 nitrogen and oxygen atoms in total. The van der Waals surface area contributed by atoms with E-state index < -0.39 is 44.6 Å². The maximum atomic E-state index is 12.9. The Morgan fingerprint density at radius 1 is 1.17 bits per heavy atom. The Morgan fingerprint density at radius 3 is 2.47 bits per heavy atom. The molecule has 0 spiro atoms. The molecule has 0 bridgehead atoms. The molecule has 2 aromatic carbocycles. The molecule has 1 atom stereocenters. The Kier molecular flexibility index (Phi) is 5.61. The molecule has 3 rings (SSSR count). The number of carbonyl (C=O) groups is 2. The number of sulfonamides is 1. The van der Waals surface area contributed by atoms with Crippen molar-refractivity contribution in [2.45, 2.75) is 36.4 Å². The highest BCUT2D eigenvalue weighted by molar-refractivity contribution is 7.89. The molecule has 1 unspecified atom stereocenters. The fourth-order valence-corrected chi connectivity index (χ4v) is 4.84. The zero-order chi connectivity index (χ0) is 22.3. The van der Waals surface area contributed by atoms with Crippen LogP contribution in [0.15, 0.2) is 41.3 Å². The van der Waals surface area contributed by atoms with Gasteiger partial charge in [0.2, 0.25) is 15.9 Å². The monoisotopic (exact) mass is 442 g/mol. The summed E-state index contributed by atoms with van der Waals surface area (Å²) in [6.07, 6.45) is -4.06. The average Bonchev–Trinajstić information content (AvgIpc) is 2.65. The Bertz CT molecular complexity index is 1130. The van der Waals surface area contributed by atoms with Gasteiger partial charge in [0, 0.05) is 6.04 Å². The number of amides is 1. The summed E-state index contributed by atoms with van der Waals surface area (Å²) in [7, 11) is -4.29. The Hall–Kier alpha value is -2.92. The number of carboxylic acids is 1. The van der Waals surface area contributed by atoms with E-state index in [1.54, 1.807) is 6.07 Å². The third kappa shape index (κ3) is 4.31. The number of halogens is 3. The van der Waals surface area contributed by atoms with Crippen molar-refractivity contribution < 1.29 is 36.3 Å². The first-order chi connectivity index (χ1) is 13.9. The van der Waals surface area contributed by atoms with Gasteiger partial charge < -0.3 is 10.8 Å². The molecule has 0 radical (unpaired) electrons. The van der Waals surface area contributed by atoms with Crippen LogP contribution >= 0.6 is 0 Å². The topological polar surface area (TPSA) is 127 Å². The molecular formula is C19H17F3N2O5S. The Labute approximate surface area is 169 Å². The summed E-state index contributed by atoms with van der Waals surface area (Å²) in [5.41, 5.74) is 4.77. The molecule has 0 heterocycles. The van der Waals surface area contributed by atoms with Crippen molar-refractivity contribution in [3.8, 4) is 0 Å². The second-order valence-electron chi connectivity index (χ2n) is 6.88. The van der Waals surface area contributed by atoms with E-state index >= 15 is 0 Å². The van der Waals surface area contributed by atoms with Crippen molar-refractivity contribution in [1.29, 1.82) is 0 Å². The summed E-state index contributed by atoms with van der Waals surface area (Å²) in [5.74, 6) is -2.30. The molecule has 160 valence electrons. The summed E-state index contributed by atoms with van der Waals surface area (Å²) >= 11 is 0. The first kappa shape index (κ1) is 21.8. The van der Waals surface area contributed by atoms with E-state index in [9.17, 15) is 36.3 Å². The van der Waals surface area contributed by atoms with Gasteiger partial charge in [-0.15, -0.1) is 0 Å². The zero-order valence-corrected chi connectivity index (χ0v) is 16.2. The van der Waals surface area contributed by atoms with E-state index in [0.29, 0.717) is 30.0 Å². The van der Waals surface area contributed by atoms with Crippen molar-refractivity contribution in [2.24, 2.45) is 5.73 Å². The van der Waals surface area contributed by atoms with E-state index in [2.05, 4.69) is 4.72 Å². The molecule has 1 aliphatic rings. The van der Waals surface area contributed by atoms with Crippen molar-refractivity contribution >= 4 is 21.9 Å². The van der Waals surface area contributed by atoms with Gasteiger partial charge in [0.25, 0.3) is 0 Å². The van der Waals surface area contributed by atoms with Crippen LogP contribution in [0.2, 0.25) is 0 Å². The molecule has 11 heteroatoms. The third-order valence-corrected chi connectivity index (χ3v) is 6.41. The molecule has 1 aliphatic carbocycles. The molecule has 1 amide bonds. The smallest absolute Gasteiger partial charge is 0.416 e. The van der Waals surface area contributed by atoms with E-state index in [1.807, 2.05) is 0 Å². The average molecular weight is 442 g/mol. The van der Waals surface area contributed by atoms with E-state index in [4.69, 9.17) is 5.73 Å². The molecule has 0 fully saturated rings. The summed E-state index contributed by atoms with van der Waals surface area (Å²) in [4.78, 5) is 22.7. The number of aromatic carboxylic acids is 1. The van der Waals surface area contributed by atoms with Crippen LogP contribution in [-0.2, 0) is 29.0 Å². The molecule has 2 aromatic rings. The number of primary amides is 1. The maximum Gasteiger partial charge on any atom is 0.416 e. The number of nitrogens with two attached hydrogens (primary N) is 1. The van der Waals surface area contributed by atoms with Crippen LogP contribution < -0.4 is 10.5 Å². The van der Waals surface area contributed by atoms with Crippen LogP contribution in [0.5, 0.6) is 0 Å². The summed E-state index contributed by atoms with van der Waals surface area (Å²) < 4.78 is 66.3. The first-order valence-corrected chi connectivity index (χ1v) is 10.3. The zero-order valence-electron chi connectivity index (χ0n) is 15.4. The highest BCUT2D eigenvalue weighted by Gasteiger charge is 2.33. The summed E-state index contributed by atoms with van der Waals surface area (Å²) in [6, 6.07) is 5.42. The maximum absolute atomic E-state index is 12.9. The van der Waals surface area contributed by atoms with Gasteiger partial charge in [0.05, 0.1) is 21.6 Å². The number of carbonyl (C=O) groups excluding carboxylic acids is 1. The first-order valence-electron chi connectivity index (χ1n) is 8.77. The molecular weight excluding hydrogens is 425 g/mol. The van der Waals surface area contributed by atoms with E-state index in [1.165, 1.54) is 6.07 Å². The van der Waals surface area contributed by atoms with Crippen molar-refractivity contribution in [3.63, 3.8) is 0 Å². The minimum Gasteiger partial charge on any atom is -0.478 e. The van der Waals surface area contributed by atoms with Gasteiger partial charge in [0.1, 0.15) is 0 Å². The lowest BCUT2D eigenvalue weighted by atomic mass is 9.83. The highest BCUT2D eigenvalue weighted by atomic mass is 32.2. The van der Waals surface area contributed by atoms with Gasteiger partial charge in [-0.2, -0.15) is 13.2 Å². The van der Waals surface area contributed by atoms with Gasteiger partial charge in [-0.05, 0) is 54.7 Å². The molecule has 0 saturated carbocycles. The van der Waals surface area contributed by atoms with Crippen LogP contribution in [0, 0.1) is 0 Å². The van der Waals surface area contributed by atoms with Crippen LogP contribution in [0.1, 0.15) is 43.8 Å². The predicted molar refractivity (Wildman–Crippen MR) is 99.5 cm³/mol. The van der Waals surface area contributed by atoms with Gasteiger partial charge in [-0.3, -0.25) is 4.79 Å². The summed E-state index contributed by atoms with van der Waals surface area (Å²) in [5, 5.41) is 9.30. The number of carboxylic acid groups (broad SMARTS) is 1. The lowest BCUT2D eigenvalue weighted by molar-refractivity contribution is -0.137. The second-order valence-corrected chi connectivity index (χ2v) is 8.60. The number of hydrogen-bond acceptors (Lipinski definition) is 4. The molecule has 4 N–H and O–H groups in total. The Balaban J connectivity index is 1.92. The quantitative estimate of drug-likeness (QED) is 0.655. The molecule has 30 heavy (non-hydrogen) atoms. The van der Waals surface area contributed by atoms with Gasteiger partial charge in [-0.1, -0.05) is 12.1 Å². The molecule has 0 aromatic heterocycles. The number of nitrogens with one attached hydrogen (secondary N) is 1. The third-order valence-electron chi connectivity index (χ3n) is 4.89. The van der Waals surface area contributed by atoms with Gasteiger partial charge in [0.15, 0.2) is 0 Å². The SMILES string of the molecule is NC(=O)c1c(C(=O)O)ccc2c1CC(NS(=O)(=O)c1cccc(C(F)(F)F)c1)CC2. The summed E-state index contributed by atoms with van der Waals surface area (Å²) in [6.45, 7) is 0. The standard InChI is InChI=1S/C19H17F3N2O5S/c20-19(21,22)11-2-1-3-13(8-11)30(28,29)24-12-6-4-10-5-7-14(18(26)27)16(17(23)25)15(10)9-12/h1-3,5,7-8,12,24H,4,6,9H2,(H2,23,25)(H,26,27). The number of aryl methyl sites for hydroxylation is 1. The van der Waals surface area contributed by atoms with Gasteiger partial charge >= 0.3 is 12.1 Å². The number of benzene rings is 2. The minimum absolute atomic E-state index is 0.0209. The largest absolute Gasteiger partial charge is 0.478 e. The van der Waals surface area contributed by atoms with Crippen LogP contribution in [0.3, 0.4) is 0 Å². The highest BCUT2D eigenvalue weighted by Crippen LogP contribution is 2.31. The number of hydrogen-bond donors (Lipinski definition) is 3. The predicted octanol–water partition coefficient (Wildman–Crippen LogP) is 2.34. The van der Waals surface area contributed by atoms with Crippen LogP contribution in [-0.4, -0.2) is 31.4 Å². The minimum atomic E-state index is -4.70. The van der Waals surface area contributed by atoms with Gasteiger partial charge in [-0.25, -0.2) is 17.9 Å². The lowest BCUT2D eigenvalue weighted by Crippen LogP contribution is -2.39. The van der Waals surface area contributed by atoms with E-state index in [0.717, 1.165) is 18.2 Å². The van der Waals surface area contributed by atoms with Crippen molar-refractivity contribution in [2.75, 3.05) is 0 Å². The second kappa shape index (κ2) is 7.73. The van der Waals surface area contributed by atoms with Crippen molar-refractivity contribution in [3.05, 3.63) is 64.2 Å². The fraction of sp³-hybridized carbons (Fsp3) is 0.263. The Morgan fingerprint density at radius 2 is 1.87 bits per heavy atom. The van der Waals surface area contributed by atoms with Crippen molar-refractivity contribution in [1.82, 2.24) is 4.72 Å². The fourth-order valence-electron chi connectivity index (χ4n) is 3.52. The lowest BCUT2D eigenvalue weighted by Gasteiger charge is -2.27. The van der Waals surface area contributed by atoms with E-state index in [-0.39, 0.29) is 17.5 Å². The molecule has 0 saturated heterocycles. The normalized spacial score (nSPS) is 16.7. The van der Waals surface area contributed by atoms with Crippen LogP contribution in [0.25, 0.3) is 0 Å². The molecule has 0 aliphatic heterocycles. The number of fused-ring (bicyclic) bond motifs is 1. The number of rotatable bonds is 5. The number of alkyl halides is 3.